The van der Waals surface area contributed by atoms with Crippen molar-refractivity contribution in [1.82, 2.24) is 5.32 Å². The van der Waals surface area contributed by atoms with E-state index in [9.17, 15) is 9.59 Å². The van der Waals surface area contributed by atoms with Gasteiger partial charge in [-0.25, -0.2) is 0 Å². The fourth-order valence-corrected chi connectivity index (χ4v) is 1.01. The van der Waals surface area contributed by atoms with Gasteiger partial charge in [0.05, 0.1) is 0 Å². The van der Waals surface area contributed by atoms with Gasteiger partial charge in [-0.1, -0.05) is 25.3 Å². The maximum Gasteiger partial charge on any atom is 0.325 e. The molecule has 0 aliphatic carbocycles. The summed E-state index contributed by atoms with van der Waals surface area (Å²) in [5.74, 6) is -0.925. The van der Waals surface area contributed by atoms with Crippen LogP contribution >= 0.6 is 0 Å². The Balaban J connectivity index is 2.26. The molecule has 5 nitrogen and oxygen atoms in total. The molecule has 0 aromatic heterocycles. The predicted molar refractivity (Wildman–Crippen MR) is 53.0 cm³/mol. The van der Waals surface area contributed by atoms with Crippen molar-refractivity contribution in [3.8, 4) is 0 Å². The zero-order valence-corrected chi connectivity index (χ0v) is 8.27. The lowest BCUT2D eigenvalue weighted by Gasteiger charge is -1.99. The van der Waals surface area contributed by atoms with E-state index in [2.05, 4.69) is 18.5 Å². The Labute approximate surface area is 87.7 Å². The van der Waals surface area contributed by atoms with Gasteiger partial charge in [0.15, 0.2) is 0 Å². The predicted octanol–water partition coefficient (Wildman–Crippen LogP) is -0.215. The summed E-state index contributed by atoms with van der Waals surface area (Å²) in [7, 11) is 0. The van der Waals surface area contributed by atoms with Gasteiger partial charge in [0.1, 0.15) is 25.3 Å². The smallest absolute Gasteiger partial charge is 0.325 e. The van der Waals surface area contributed by atoms with E-state index < -0.39 is 24.0 Å². The van der Waals surface area contributed by atoms with Crippen molar-refractivity contribution in [2.24, 2.45) is 0 Å². The van der Waals surface area contributed by atoms with Crippen LogP contribution in [-0.2, 0) is 19.1 Å². The van der Waals surface area contributed by atoms with E-state index in [0.717, 1.165) is 0 Å². The lowest BCUT2D eigenvalue weighted by Crippen LogP contribution is -2.20. The molecule has 1 aliphatic heterocycles. The van der Waals surface area contributed by atoms with Crippen LogP contribution < -0.4 is 5.32 Å². The number of carbonyl (C=O) groups excluding carboxylic acids is 2. The van der Waals surface area contributed by atoms with Gasteiger partial charge in [0, 0.05) is 0 Å². The van der Waals surface area contributed by atoms with Gasteiger partial charge in [-0.05, 0) is 0 Å². The van der Waals surface area contributed by atoms with Crippen LogP contribution in [0, 0.1) is 0 Å². The van der Waals surface area contributed by atoms with Gasteiger partial charge in [0.25, 0.3) is 0 Å². The summed E-state index contributed by atoms with van der Waals surface area (Å²) in [6.45, 7) is 7.10. The second-order valence-corrected chi connectivity index (χ2v) is 2.96. The van der Waals surface area contributed by atoms with E-state index in [1.807, 2.05) is 0 Å². The molecule has 82 valence electrons. The normalized spacial score (nSPS) is 22.7. The molecule has 1 saturated heterocycles. The molecular weight excluding hydrogens is 198 g/mol. The van der Waals surface area contributed by atoms with E-state index in [1.165, 1.54) is 12.2 Å². The van der Waals surface area contributed by atoms with Crippen LogP contribution in [0.5, 0.6) is 0 Å². The van der Waals surface area contributed by atoms with Crippen LogP contribution in [0.2, 0.25) is 0 Å². The fraction of sp³-hybridized carbons (Fsp3) is 0.400. The molecule has 0 amide bonds. The third-order valence-corrected chi connectivity index (χ3v) is 1.78. The number of rotatable bonds is 6. The largest absolute Gasteiger partial charge is 0.460 e. The zero-order chi connectivity index (χ0) is 11.3. The molecule has 0 aromatic carbocycles. The Kier molecular flexibility index (Phi) is 4.05. The number of hydrogen-bond acceptors (Lipinski definition) is 5. The van der Waals surface area contributed by atoms with Gasteiger partial charge in [-0.2, -0.15) is 0 Å². The maximum absolute atomic E-state index is 11.2. The van der Waals surface area contributed by atoms with Gasteiger partial charge in [-0.3, -0.25) is 14.9 Å². The Morgan fingerprint density at radius 3 is 1.80 bits per heavy atom. The summed E-state index contributed by atoms with van der Waals surface area (Å²) >= 11 is 0. The number of carbonyl (C=O) groups is 2. The fourth-order valence-electron chi connectivity index (χ4n) is 1.01. The van der Waals surface area contributed by atoms with Crippen molar-refractivity contribution >= 4 is 11.9 Å². The van der Waals surface area contributed by atoms with Gasteiger partial charge < -0.3 is 9.47 Å². The average molecular weight is 211 g/mol. The third kappa shape index (κ3) is 3.21. The molecule has 2 atom stereocenters. The second kappa shape index (κ2) is 5.31. The van der Waals surface area contributed by atoms with Crippen LogP contribution in [0.15, 0.2) is 25.3 Å². The van der Waals surface area contributed by atoms with E-state index >= 15 is 0 Å². The summed E-state index contributed by atoms with van der Waals surface area (Å²) in [4.78, 5) is 22.4. The first kappa shape index (κ1) is 11.5. The molecule has 0 bridgehead atoms. The molecule has 1 rings (SSSR count). The van der Waals surface area contributed by atoms with E-state index in [4.69, 9.17) is 9.47 Å². The van der Waals surface area contributed by atoms with Crippen molar-refractivity contribution in [2.75, 3.05) is 13.2 Å². The SMILES string of the molecule is C=CCOC(=O)C1NC1C(=O)OCC=C. The third-order valence-electron chi connectivity index (χ3n) is 1.78. The maximum atomic E-state index is 11.2. The number of ether oxygens (including phenoxy) is 2. The minimum absolute atomic E-state index is 0.144. The summed E-state index contributed by atoms with van der Waals surface area (Å²) in [5.41, 5.74) is 0. The highest BCUT2D eigenvalue weighted by atomic mass is 16.5. The van der Waals surface area contributed by atoms with Crippen LogP contribution in [0.25, 0.3) is 0 Å². The first-order valence-corrected chi connectivity index (χ1v) is 4.51. The molecule has 1 fully saturated rings. The molecule has 0 aromatic rings. The van der Waals surface area contributed by atoms with Gasteiger partial charge >= 0.3 is 11.9 Å². The molecule has 1 aliphatic rings. The summed E-state index contributed by atoms with van der Waals surface area (Å²) < 4.78 is 9.51. The minimum Gasteiger partial charge on any atom is -0.460 e. The second-order valence-electron chi connectivity index (χ2n) is 2.96. The first-order chi connectivity index (χ1) is 7.20. The van der Waals surface area contributed by atoms with Crippen molar-refractivity contribution in [3.63, 3.8) is 0 Å². The number of nitrogens with one attached hydrogen (secondary N) is 1. The summed E-state index contributed by atoms with van der Waals surface area (Å²) in [6.07, 6.45) is 2.93. The Hall–Kier alpha value is -1.62. The molecule has 15 heavy (non-hydrogen) atoms. The molecule has 0 radical (unpaired) electrons. The molecule has 5 heteroatoms. The van der Waals surface area contributed by atoms with Crippen LogP contribution in [0.3, 0.4) is 0 Å². The Morgan fingerprint density at radius 2 is 1.47 bits per heavy atom. The van der Waals surface area contributed by atoms with Crippen molar-refractivity contribution in [1.29, 1.82) is 0 Å². The molecule has 1 N–H and O–H groups in total. The van der Waals surface area contributed by atoms with Crippen LogP contribution in [0.4, 0.5) is 0 Å². The molecule has 1 heterocycles. The van der Waals surface area contributed by atoms with E-state index in [0.29, 0.717) is 0 Å². The van der Waals surface area contributed by atoms with Crippen molar-refractivity contribution < 1.29 is 19.1 Å². The highest BCUT2D eigenvalue weighted by Gasteiger charge is 2.49. The summed E-state index contributed by atoms with van der Waals surface area (Å²) in [6, 6.07) is -1.16. The molecule has 0 spiro atoms. The van der Waals surface area contributed by atoms with Crippen molar-refractivity contribution in [3.05, 3.63) is 25.3 Å². The number of hydrogen-bond donors (Lipinski definition) is 1. The van der Waals surface area contributed by atoms with Gasteiger partial charge in [0.2, 0.25) is 0 Å². The molecular formula is C10H13NO4. The van der Waals surface area contributed by atoms with Crippen LogP contribution in [-0.4, -0.2) is 37.2 Å². The minimum atomic E-state index is -0.581. The lowest BCUT2D eigenvalue weighted by atomic mass is 10.3. The van der Waals surface area contributed by atoms with E-state index in [-0.39, 0.29) is 13.2 Å². The highest BCUT2D eigenvalue weighted by Crippen LogP contribution is 2.14. The highest BCUT2D eigenvalue weighted by molar-refractivity contribution is 5.92. The standard InChI is InChI=1S/C10H13NO4/c1-3-5-14-9(12)7-8(11-7)10(13)15-6-4-2/h3-4,7-8,11H,1-2,5-6H2. The quantitative estimate of drug-likeness (QED) is 0.373. The Morgan fingerprint density at radius 1 is 1.07 bits per heavy atom. The number of esters is 2. The lowest BCUT2D eigenvalue weighted by molar-refractivity contribution is -0.146. The average Bonchev–Trinajstić information content (AvgIpc) is 3.02. The molecule has 2 unspecified atom stereocenters. The monoisotopic (exact) mass is 211 g/mol. The summed E-state index contributed by atoms with van der Waals surface area (Å²) in [5, 5.41) is 2.67. The van der Waals surface area contributed by atoms with Crippen LogP contribution in [0.1, 0.15) is 0 Å². The zero-order valence-electron chi connectivity index (χ0n) is 8.27. The topological polar surface area (TPSA) is 74.5 Å². The molecule has 0 saturated carbocycles. The van der Waals surface area contributed by atoms with Gasteiger partial charge in [-0.15, -0.1) is 0 Å². The first-order valence-electron chi connectivity index (χ1n) is 4.51. The van der Waals surface area contributed by atoms with E-state index in [1.54, 1.807) is 0 Å². The van der Waals surface area contributed by atoms with Crippen molar-refractivity contribution in [2.45, 2.75) is 12.1 Å². The Bertz CT molecular complexity index is 259.